The zero-order chi connectivity index (χ0) is 16.7. The number of amides is 1. The van der Waals surface area contributed by atoms with Gasteiger partial charge in [-0.05, 0) is 38.3 Å². The van der Waals surface area contributed by atoms with Gasteiger partial charge in [0.2, 0.25) is 5.91 Å². The first-order valence-electron chi connectivity index (χ1n) is 8.05. The van der Waals surface area contributed by atoms with Crippen molar-refractivity contribution in [1.29, 1.82) is 0 Å². The van der Waals surface area contributed by atoms with Gasteiger partial charge in [0.15, 0.2) is 0 Å². The lowest BCUT2D eigenvalue weighted by Crippen LogP contribution is -2.42. The summed E-state index contributed by atoms with van der Waals surface area (Å²) in [4.78, 5) is 13.2. The number of carbonyl (C=O) groups is 1. The fraction of sp³-hybridized carbons (Fsp3) is 0.588. The van der Waals surface area contributed by atoms with Crippen LogP contribution in [0.3, 0.4) is 0 Å². The van der Waals surface area contributed by atoms with Crippen molar-refractivity contribution in [3.8, 4) is 0 Å². The summed E-state index contributed by atoms with van der Waals surface area (Å²) in [5.41, 5.74) is 0.485. The van der Waals surface area contributed by atoms with E-state index in [2.05, 4.69) is 0 Å². The average molecular weight is 337 g/mol. The molecule has 1 aliphatic heterocycles. The maximum absolute atomic E-state index is 13.0. The molecule has 2 fully saturated rings. The maximum atomic E-state index is 13.0. The quantitative estimate of drug-likeness (QED) is 0.847. The molecular formula is C17H23NO4S. The van der Waals surface area contributed by atoms with Crippen molar-refractivity contribution in [2.75, 3.05) is 13.7 Å². The van der Waals surface area contributed by atoms with E-state index in [0.717, 1.165) is 35.6 Å². The molecule has 0 bridgehead atoms. The molecule has 1 saturated carbocycles. The second kappa shape index (κ2) is 5.91. The average Bonchev–Trinajstić information content (AvgIpc) is 3.07. The van der Waals surface area contributed by atoms with Crippen LogP contribution in [0.4, 0.5) is 0 Å². The molecule has 1 saturated heterocycles. The van der Waals surface area contributed by atoms with Gasteiger partial charge in [0.25, 0.3) is 10.0 Å². The molecule has 23 heavy (non-hydrogen) atoms. The van der Waals surface area contributed by atoms with Gasteiger partial charge < -0.3 is 4.74 Å². The van der Waals surface area contributed by atoms with E-state index in [4.69, 9.17) is 4.74 Å². The number of methoxy groups -OCH3 is 1. The minimum Gasteiger partial charge on any atom is -0.383 e. The minimum atomic E-state index is -3.84. The van der Waals surface area contributed by atoms with Crippen LogP contribution in [-0.2, 0) is 19.6 Å². The summed E-state index contributed by atoms with van der Waals surface area (Å²) < 4.78 is 32.4. The lowest BCUT2D eigenvalue weighted by atomic mass is 9.83. The van der Waals surface area contributed by atoms with Crippen LogP contribution in [0.2, 0.25) is 0 Å². The molecule has 1 amide bonds. The van der Waals surface area contributed by atoms with Gasteiger partial charge in [0, 0.05) is 7.11 Å². The molecule has 0 aromatic heterocycles. The van der Waals surface area contributed by atoms with Crippen LogP contribution in [0.25, 0.3) is 0 Å². The van der Waals surface area contributed by atoms with E-state index in [1.54, 1.807) is 31.4 Å². The minimum absolute atomic E-state index is 0.174. The van der Waals surface area contributed by atoms with Crippen LogP contribution in [-0.4, -0.2) is 38.4 Å². The molecule has 1 aromatic carbocycles. The summed E-state index contributed by atoms with van der Waals surface area (Å²) in [6.45, 7) is 2.15. The van der Waals surface area contributed by atoms with E-state index in [-0.39, 0.29) is 17.4 Å². The Kier molecular flexibility index (Phi) is 4.23. The zero-order valence-electron chi connectivity index (χ0n) is 13.6. The Labute approximate surface area is 137 Å². The summed E-state index contributed by atoms with van der Waals surface area (Å²) in [5, 5.41) is 0. The van der Waals surface area contributed by atoms with Gasteiger partial charge in [-0.3, -0.25) is 4.79 Å². The van der Waals surface area contributed by atoms with E-state index < -0.39 is 21.5 Å². The topological polar surface area (TPSA) is 63.7 Å². The first-order chi connectivity index (χ1) is 10.9. The Morgan fingerprint density at radius 1 is 1.22 bits per heavy atom. The number of aryl methyl sites for hydroxylation is 1. The molecule has 2 aliphatic rings. The molecule has 1 aromatic rings. The van der Waals surface area contributed by atoms with Crippen LogP contribution < -0.4 is 0 Å². The molecule has 0 N–H and O–H groups in total. The highest BCUT2D eigenvalue weighted by Gasteiger charge is 2.56. The summed E-state index contributed by atoms with van der Waals surface area (Å²) in [6, 6.07) is 6.24. The fourth-order valence-corrected chi connectivity index (χ4v) is 5.59. The third kappa shape index (κ3) is 2.68. The van der Waals surface area contributed by atoms with Gasteiger partial charge >= 0.3 is 0 Å². The van der Waals surface area contributed by atoms with Crippen molar-refractivity contribution in [2.24, 2.45) is 5.41 Å². The predicted molar refractivity (Wildman–Crippen MR) is 86.4 cm³/mol. The van der Waals surface area contributed by atoms with Crippen molar-refractivity contribution < 1.29 is 17.9 Å². The number of hydrogen-bond donors (Lipinski definition) is 0. The fourth-order valence-electron chi connectivity index (χ4n) is 3.94. The largest absolute Gasteiger partial charge is 0.383 e. The Bertz CT molecular complexity index is 690. The highest BCUT2D eigenvalue weighted by atomic mass is 32.2. The summed E-state index contributed by atoms with van der Waals surface area (Å²) in [5.74, 6) is -0.238. The molecule has 1 unspecified atom stereocenters. The van der Waals surface area contributed by atoms with Gasteiger partial charge in [0.05, 0.1) is 23.0 Å². The highest BCUT2D eigenvalue weighted by molar-refractivity contribution is 7.89. The first-order valence-corrected chi connectivity index (χ1v) is 9.49. The highest BCUT2D eigenvalue weighted by Crippen LogP contribution is 2.50. The van der Waals surface area contributed by atoms with Crippen molar-refractivity contribution in [1.82, 2.24) is 4.31 Å². The van der Waals surface area contributed by atoms with Crippen LogP contribution >= 0.6 is 0 Å². The number of sulfonamides is 1. The second-order valence-electron chi connectivity index (χ2n) is 6.72. The molecular weight excluding hydrogens is 314 g/mol. The van der Waals surface area contributed by atoms with E-state index in [0.29, 0.717) is 6.42 Å². The standard InChI is InChI=1S/C17H23NO4S/c1-13-5-7-15(8-6-13)23(20,21)18-14(12-22-2)11-17(16(18)19)9-3-4-10-17/h5-8,14H,3-4,9-12H2,1-2H3. The van der Waals surface area contributed by atoms with Crippen molar-refractivity contribution in [2.45, 2.75) is 50.0 Å². The number of hydrogen-bond acceptors (Lipinski definition) is 4. The van der Waals surface area contributed by atoms with Crippen LogP contribution in [0, 0.1) is 12.3 Å². The van der Waals surface area contributed by atoms with Gasteiger partial charge in [-0.15, -0.1) is 0 Å². The summed E-state index contributed by atoms with van der Waals surface area (Å²) >= 11 is 0. The molecule has 5 nitrogen and oxygen atoms in total. The van der Waals surface area contributed by atoms with E-state index in [1.165, 1.54) is 0 Å². The first kappa shape index (κ1) is 16.5. The number of rotatable bonds is 4. The molecule has 1 aliphatic carbocycles. The normalized spacial score (nSPS) is 23.8. The lowest BCUT2D eigenvalue weighted by Gasteiger charge is -2.24. The molecule has 3 rings (SSSR count). The zero-order valence-corrected chi connectivity index (χ0v) is 14.4. The SMILES string of the molecule is COCC1CC2(CCCC2)C(=O)N1S(=O)(=O)c1ccc(C)cc1. The monoisotopic (exact) mass is 337 g/mol. The van der Waals surface area contributed by atoms with Gasteiger partial charge in [-0.2, -0.15) is 0 Å². The molecule has 1 spiro atoms. The number of carbonyl (C=O) groups excluding carboxylic acids is 1. The van der Waals surface area contributed by atoms with Crippen molar-refractivity contribution in [3.63, 3.8) is 0 Å². The second-order valence-corrected chi connectivity index (χ2v) is 8.53. The van der Waals surface area contributed by atoms with Crippen molar-refractivity contribution >= 4 is 15.9 Å². The number of nitrogens with zero attached hydrogens (tertiary/aromatic N) is 1. The third-order valence-electron chi connectivity index (χ3n) is 5.11. The predicted octanol–water partition coefficient (Wildman–Crippen LogP) is 2.49. The van der Waals surface area contributed by atoms with Gasteiger partial charge in [-0.25, -0.2) is 12.7 Å². The molecule has 126 valence electrons. The van der Waals surface area contributed by atoms with Crippen molar-refractivity contribution in [3.05, 3.63) is 29.8 Å². The van der Waals surface area contributed by atoms with E-state index in [9.17, 15) is 13.2 Å². The van der Waals surface area contributed by atoms with E-state index in [1.807, 2.05) is 6.92 Å². The van der Waals surface area contributed by atoms with Crippen LogP contribution in [0.15, 0.2) is 29.2 Å². The Hall–Kier alpha value is -1.40. The molecule has 1 atom stereocenters. The number of ether oxygens (including phenoxy) is 1. The molecule has 0 radical (unpaired) electrons. The number of benzene rings is 1. The van der Waals surface area contributed by atoms with Crippen LogP contribution in [0.5, 0.6) is 0 Å². The maximum Gasteiger partial charge on any atom is 0.266 e. The third-order valence-corrected chi connectivity index (χ3v) is 6.96. The molecule has 6 heteroatoms. The Morgan fingerprint density at radius 2 is 1.83 bits per heavy atom. The lowest BCUT2D eigenvalue weighted by molar-refractivity contribution is -0.132. The van der Waals surface area contributed by atoms with Gasteiger partial charge in [0.1, 0.15) is 0 Å². The smallest absolute Gasteiger partial charge is 0.266 e. The van der Waals surface area contributed by atoms with Gasteiger partial charge in [-0.1, -0.05) is 30.5 Å². The van der Waals surface area contributed by atoms with E-state index >= 15 is 0 Å². The summed E-state index contributed by atoms with van der Waals surface area (Å²) in [7, 11) is -2.29. The van der Waals surface area contributed by atoms with Crippen LogP contribution in [0.1, 0.15) is 37.7 Å². The Balaban J connectivity index is 2.00. The Morgan fingerprint density at radius 3 is 2.39 bits per heavy atom. The summed E-state index contributed by atoms with van der Waals surface area (Å²) in [6.07, 6.45) is 4.12. The molecule has 1 heterocycles.